The van der Waals surface area contributed by atoms with Gasteiger partial charge in [0.2, 0.25) is 0 Å². The van der Waals surface area contributed by atoms with Gasteiger partial charge in [-0.2, -0.15) is 0 Å². The average Bonchev–Trinajstić information content (AvgIpc) is 2.83. The van der Waals surface area contributed by atoms with Crippen LogP contribution in [0.5, 0.6) is 0 Å². The van der Waals surface area contributed by atoms with Gasteiger partial charge >= 0.3 is 0 Å². The van der Waals surface area contributed by atoms with E-state index in [0.717, 1.165) is 16.8 Å². The first-order valence-electron chi connectivity index (χ1n) is 5.84. The Morgan fingerprint density at radius 2 is 1.50 bits per heavy atom. The number of benzene rings is 2. The molecule has 0 unspecified atom stereocenters. The van der Waals surface area contributed by atoms with Gasteiger partial charge < -0.3 is 4.84 Å². The number of nitrogens with zero attached hydrogens (tertiary/aromatic N) is 1. The number of oxime groups is 1. The van der Waals surface area contributed by atoms with Crippen molar-refractivity contribution in [1.82, 2.24) is 0 Å². The van der Waals surface area contributed by atoms with Crippen LogP contribution in [0.25, 0.3) is 0 Å². The van der Waals surface area contributed by atoms with Crippen LogP contribution < -0.4 is 0 Å². The fourth-order valence-corrected chi connectivity index (χ4v) is 2.80. The molecule has 2 aromatic carbocycles. The van der Waals surface area contributed by atoms with Crippen molar-refractivity contribution in [3.63, 3.8) is 0 Å². The maximum Gasteiger partial charge on any atom is 0.170 e. The lowest BCUT2D eigenvalue weighted by molar-refractivity contribution is 0.0892. The molecule has 1 aliphatic heterocycles. The van der Waals surface area contributed by atoms with Gasteiger partial charge in [0.1, 0.15) is 10.5 Å². The fourth-order valence-electron chi connectivity index (χ4n) is 2.05. The molecule has 0 saturated heterocycles. The van der Waals surface area contributed by atoms with Gasteiger partial charge in [0.15, 0.2) is 6.10 Å². The molecule has 0 fully saturated rings. The first-order chi connectivity index (χ1) is 8.86. The van der Waals surface area contributed by atoms with Crippen LogP contribution in [0.2, 0.25) is 0 Å². The van der Waals surface area contributed by atoms with E-state index >= 15 is 0 Å². The average molecular weight is 302 g/mol. The summed E-state index contributed by atoms with van der Waals surface area (Å²) < 4.78 is 0. The van der Waals surface area contributed by atoms with E-state index in [2.05, 4.69) is 33.2 Å². The Hall–Kier alpha value is -1.61. The van der Waals surface area contributed by atoms with Gasteiger partial charge in [0.05, 0.1) is 0 Å². The van der Waals surface area contributed by atoms with Crippen molar-refractivity contribution in [2.45, 2.75) is 10.9 Å². The first-order valence-corrected chi connectivity index (χ1v) is 6.76. The Kier molecular flexibility index (Phi) is 3.15. The highest BCUT2D eigenvalue weighted by atomic mass is 79.9. The molecular formula is C15H12BrNO. The van der Waals surface area contributed by atoms with Crippen molar-refractivity contribution >= 4 is 21.6 Å². The summed E-state index contributed by atoms with van der Waals surface area (Å²) in [6.45, 7) is 0. The van der Waals surface area contributed by atoms with E-state index in [0.29, 0.717) is 0 Å². The van der Waals surface area contributed by atoms with Gasteiger partial charge in [-0.25, -0.2) is 0 Å². The summed E-state index contributed by atoms with van der Waals surface area (Å²) in [6, 6.07) is 20.2. The van der Waals surface area contributed by atoms with E-state index in [1.165, 1.54) is 0 Å². The predicted octanol–water partition coefficient (Wildman–Crippen LogP) is 3.93. The van der Waals surface area contributed by atoms with E-state index < -0.39 is 0 Å². The van der Waals surface area contributed by atoms with Crippen LogP contribution in [-0.2, 0) is 4.84 Å². The highest BCUT2D eigenvalue weighted by Crippen LogP contribution is 2.34. The molecule has 3 rings (SSSR count). The van der Waals surface area contributed by atoms with Crippen LogP contribution in [0, 0.1) is 0 Å². The van der Waals surface area contributed by atoms with Gasteiger partial charge in [0.25, 0.3) is 0 Å². The van der Waals surface area contributed by atoms with Crippen LogP contribution in [0.3, 0.4) is 0 Å². The molecule has 0 N–H and O–H groups in total. The van der Waals surface area contributed by atoms with Crippen LogP contribution in [0.15, 0.2) is 65.8 Å². The second-order valence-corrected chi connectivity index (χ2v) is 5.17. The molecule has 1 heterocycles. The van der Waals surface area contributed by atoms with Crippen molar-refractivity contribution in [2.75, 3.05) is 0 Å². The number of halogens is 1. The third kappa shape index (κ3) is 2.06. The topological polar surface area (TPSA) is 21.6 Å². The highest BCUT2D eigenvalue weighted by Gasteiger charge is 2.33. The monoisotopic (exact) mass is 301 g/mol. The number of alkyl halides is 1. The fraction of sp³-hybridized carbons (Fsp3) is 0.133. The van der Waals surface area contributed by atoms with Crippen LogP contribution in [-0.4, -0.2) is 10.5 Å². The van der Waals surface area contributed by atoms with E-state index in [1.807, 2.05) is 48.5 Å². The molecule has 3 heteroatoms. The van der Waals surface area contributed by atoms with Crippen molar-refractivity contribution in [3.8, 4) is 0 Å². The summed E-state index contributed by atoms with van der Waals surface area (Å²) >= 11 is 3.69. The predicted molar refractivity (Wildman–Crippen MR) is 76.0 cm³/mol. The van der Waals surface area contributed by atoms with Crippen molar-refractivity contribution in [1.29, 1.82) is 0 Å². The zero-order valence-electron chi connectivity index (χ0n) is 9.66. The van der Waals surface area contributed by atoms with Crippen molar-refractivity contribution < 1.29 is 4.84 Å². The standard InChI is InChI=1S/C15H12BrNO/c16-13-14(11-7-3-1-4-8-11)17-18-15(13)12-9-5-2-6-10-12/h1-10,13,15H/t13-,15+/m0/s1. The Bertz CT molecular complexity index is 553. The third-order valence-electron chi connectivity index (χ3n) is 2.99. The summed E-state index contributed by atoms with van der Waals surface area (Å²) in [4.78, 5) is 5.64. The molecule has 2 aromatic rings. The number of hydrogen-bond donors (Lipinski definition) is 0. The second kappa shape index (κ2) is 4.94. The van der Waals surface area contributed by atoms with E-state index in [-0.39, 0.29) is 10.9 Å². The molecule has 18 heavy (non-hydrogen) atoms. The maximum atomic E-state index is 5.56. The molecule has 0 aliphatic carbocycles. The first kappa shape index (κ1) is 11.5. The summed E-state index contributed by atoms with van der Waals surface area (Å²) in [5.41, 5.74) is 3.18. The van der Waals surface area contributed by atoms with Crippen LogP contribution >= 0.6 is 15.9 Å². The normalized spacial score (nSPS) is 22.4. The molecule has 1 aliphatic rings. The third-order valence-corrected chi connectivity index (χ3v) is 3.90. The molecule has 90 valence electrons. The highest BCUT2D eigenvalue weighted by molar-refractivity contribution is 9.10. The van der Waals surface area contributed by atoms with Crippen molar-refractivity contribution in [3.05, 3.63) is 71.8 Å². The summed E-state index contributed by atoms with van der Waals surface area (Å²) in [6.07, 6.45) is -0.0543. The molecule has 0 bridgehead atoms. The van der Waals surface area contributed by atoms with Gasteiger partial charge in [-0.05, 0) is 5.56 Å². The van der Waals surface area contributed by atoms with E-state index in [9.17, 15) is 0 Å². The van der Waals surface area contributed by atoms with Gasteiger partial charge in [-0.1, -0.05) is 81.7 Å². The molecular weight excluding hydrogens is 290 g/mol. The minimum Gasteiger partial charge on any atom is -0.386 e. The SMILES string of the molecule is Br[C@H]1C(c2ccccc2)=NO[C@@H]1c1ccccc1. The van der Waals surface area contributed by atoms with E-state index in [4.69, 9.17) is 4.84 Å². The molecule has 0 aromatic heterocycles. The summed E-state index contributed by atoms with van der Waals surface area (Å²) in [7, 11) is 0. The van der Waals surface area contributed by atoms with Crippen molar-refractivity contribution in [2.24, 2.45) is 5.16 Å². The largest absolute Gasteiger partial charge is 0.386 e. The Balaban J connectivity index is 1.87. The second-order valence-electron chi connectivity index (χ2n) is 4.18. The number of hydrogen-bond acceptors (Lipinski definition) is 2. The Morgan fingerprint density at radius 1 is 0.889 bits per heavy atom. The Labute approximate surface area is 114 Å². The Morgan fingerprint density at radius 3 is 2.17 bits per heavy atom. The quantitative estimate of drug-likeness (QED) is 0.770. The van der Waals surface area contributed by atoms with Crippen LogP contribution in [0.1, 0.15) is 17.2 Å². The van der Waals surface area contributed by atoms with Gasteiger partial charge in [-0.15, -0.1) is 0 Å². The zero-order valence-corrected chi connectivity index (χ0v) is 11.2. The minimum atomic E-state index is -0.0543. The molecule has 0 amide bonds. The summed E-state index contributed by atoms with van der Waals surface area (Å²) in [5, 5.41) is 4.21. The minimum absolute atomic E-state index is 0.0543. The smallest absolute Gasteiger partial charge is 0.170 e. The lowest BCUT2D eigenvalue weighted by Gasteiger charge is -2.13. The van der Waals surface area contributed by atoms with Crippen LogP contribution in [0.4, 0.5) is 0 Å². The molecule has 0 saturated carbocycles. The molecule has 2 atom stereocenters. The molecule has 0 radical (unpaired) electrons. The van der Waals surface area contributed by atoms with Gasteiger partial charge in [-0.3, -0.25) is 0 Å². The molecule has 2 nitrogen and oxygen atoms in total. The summed E-state index contributed by atoms with van der Waals surface area (Å²) in [5.74, 6) is 0. The van der Waals surface area contributed by atoms with Gasteiger partial charge in [0, 0.05) is 5.56 Å². The number of rotatable bonds is 2. The zero-order chi connectivity index (χ0) is 12.4. The van der Waals surface area contributed by atoms with E-state index in [1.54, 1.807) is 0 Å². The lowest BCUT2D eigenvalue weighted by Crippen LogP contribution is -2.17. The maximum absolute atomic E-state index is 5.56. The lowest BCUT2D eigenvalue weighted by atomic mass is 10.0. The molecule has 0 spiro atoms.